The normalized spacial score (nSPS) is 21.6. The van der Waals surface area contributed by atoms with Crippen molar-refractivity contribution in [3.63, 3.8) is 0 Å². The van der Waals surface area contributed by atoms with Gasteiger partial charge in [0.15, 0.2) is 0 Å². The van der Waals surface area contributed by atoms with Crippen molar-refractivity contribution in [1.82, 2.24) is 9.80 Å². The molecular weight excluding hydrogens is 239 g/mol. The summed E-state index contributed by atoms with van der Waals surface area (Å²) in [5.41, 5.74) is 1.63. The summed E-state index contributed by atoms with van der Waals surface area (Å²) in [5.74, 6) is 0. The van der Waals surface area contributed by atoms with Gasteiger partial charge in [-0.05, 0) is 24.5 Å². The average molecular weight is 262 g/mol. The second kappa shape index (κ2) is 6.52. The van der Waals surface area contributed by atoms with E-state index >= 15 is 0 Å². The Kier molecular flexibility index (Phi) is 4.99. The van der Waals surface area contributed by atoms with E-state index in [0.29, 0.717) is 11.5 Å². The summed E-state index contributed by atoms with van der Waals surface area (Å²) in [6.07, 6.45) is 1.15. The first-order valence-electron chi connectivity index (χ1n) is 6.98. The molecule has 5 heteroatoms. The van der Waals surface area contributed by atoms with Gasteiger partial charge in [0.1, 0.15) is 0 Å². The van der Waals surface area contributed by atoms with Gasteiger partial charge in [-0.2, -0.15) is 0 Å². The van der Waals surface area contributed by atoms with Crippen molar-refractivity contribution < 1.29 is 10.0 Å². The van der Waals surface area contributed by atoms with E-state index in [1.54, 1.807) is 6.07 Å². The highest BCUT2D eigenvalue weighted by atomic mass is 16.4. The molecule has 0 amide bonds. The van der Waals surface area contributed by atoms with Crippen LogP contribution >= 0.6 is 0 Å². The fourth-order valence-electron chi connectivity index (χ4n) is 2.77. The van der Waals surface area contributed by atoms with Crippen molar-refractivity contribution in [2.75, 3.05) is 26.7 Å². The van der Waals surface area contributed by atoms with Gasteiger partial charge < -0.3 is 14.9 Å². The molecular formula is C14H23BN2O2. The first kappa shape index (κ1) is 14.5. The Morgan fingerprint density at radius 2 is 2.00 bits per heavy atom. The van der Waals surface area contributed by atoms with Crippen LogP contribution < -0.4 is 5.46 Å². The van der Waals surface area contributed by atoms with Crippen LogP contribution in [-0.4, -0.2) is 59.7 Å². The number of likely N-dealkylation sites (N-methyl/N-ethyl adjacent to an activating group) is 1. The zero-order chi connectivity index (χ0) is 13.8. The summed E-state index contributed by atoms with van der Waals surface area (Å²) in [5, 5.41) is 18.8. The number of benzene rings is 1. The SMILES string of the molecule is CCC1CN(Cc2ccccc2B(O)O)CCN1C. The summed E-state index contributed by atoms with van der Waals surface area (Å²) in [7, 11) is 0.794. The van der Waals surface area contributed by atoms with Gasteiger partial charge in [-0.25, -0.2) is 0 Å². The molecule has 0 aliphatic carbocycles. The van der Waals surface area contributed by atoms with Gasteiger partial charge in [0.05, 0.1) is 0 Å². The minimum absolute atomic E-state index is 0.597. The van der Waals surface area contributed by atoms with Crippen molar-refractivity contribution in [1.29, 1.82) is 0 Å². The molecule has 19 heavy (non-hydrogen) atoms. The van der Waals surface area contributed by atoms with E-state index in [9.17, 15) is 10.0 Å². The van der Waals surface area contributed by atoms with E-state index in [1.165, 1.54) is 0 Å². The fourth-order valence-corrected chi connectivity index (χ4v) is 2.77. The van der Waals surface area contributed by atoms with Crippen molar-refractivity contribution in [3.05, 3.63) is 29.8 Å². The van der Waals surface area contributed by atoms with E-state index < -0.39 is 7.12 Å². The molecule has 1 aromatic rings. The van der Waals surface area contributed by atoms with Gasteiger partial charge in [-0.3, -0.25) is 4.90 Å². The number of rotatable bonds is 4. The lowest BCUT2D eigenvalue weighted by Gasteiger charge is -2.39. The quantitative estimate of drug-likeness (QED) is 0.743. The number of hydrogen-bond donors (Lipinski definition) is 2. The topological polar surface area (TPSA) is 46.9 Å². The average Bonchev–Trinajstić information content (AvgIpc) is 2.41. The maximum absolute atomic E-state index is 9.40. The smallest absolute Gasteiger partial charge is 0.423 e. The minimum Gasteiger partial charge on any atom is -0.423 e. The van der Waals surface area contributed by atoms with Gasteiger partial charge in [0, 0.05) is 32.2 Å². The molecule has 104 valence electrons. The van der Waals surface area contributed by atoms with Crippen LogP contribution in [0.5, 0.6) is 0 Å². The monoisotopic (exact) mass is 262 g/mol. The summed E-state index contributed by atoms with van der Waals surface area (Å²) in [4.78, 5) is 4.80. The molecule has 0 spiro atoms. The highest BCUT2D eigenvalue weighted by Gasteiger charge is 2.24. The van der Waals surface area contributed by atoms with E-state index in [2.05, 4.69) is 23.8 Å². The molecule has 4 nitrogen and oxygen atoms in total. The van der Waals surface area contributed by atoms with Gasteiger partial charge in [-0.15, -0.1) is 0 Å². The molecule has 2 rings (SSSR count). The first-order valence-corrected chi connectivity index (χ1v) is 6.98. The van der Waals surface area contributed by atoms with Crippen LogP contribution in [-0.2, 0) is 6.54 Å². The second-order valence-electron chi connectivity index (χ2n) is 5.35. The van der Waals surface area contributed by atoms with E-state index in [1.807, 2.05) is 18.2 Å². The van der Waals surface area contributed by atoms with E-state index in [4.69, 9.17) is 0 Å². The Hall–Kier alpha value is -0.875. The lowest BCUT2D eigenvalue weighted by atomic mass is 9.77. The third-order valence-corrected chi connectivity index (χ3v) is 4.06. The van der Waals surface area contributed by atoms with Crippen LogP contribution in [0.4, 0.5) is 0 Å². The molecule has 1 atom stereocenters. The summed E-state index contributed by atoms with van der Waals surface area (Å²) in [6.45, 7) is 6.16. The molecule has 0 bridgehead atoms. The molecule has 1 aliphatic heterocycles. The van der Waals surface area contributed by atoms with E-state index in [0.717, 1.165) is 38.2 Å². The van der Waals surface area contributed by atoms with Crippen molar-refractivity contribution in [2.45, 2.75) is 25.9 Å². The van der Waals surface area contributed by atoms with Crippen LogP contribution in [0.25, 0.3) is 0 Å². The lowest BCUT2D eigenvalue weighted by Crippen LogP contribution is -2.51. The molecule has 0 radical (unpaired) electrons. The summed E-state index contributed by atoms with van der Waals surface area (Å²) >= 11 is 0. The van der Waals surface area contributed by atoms with Crippen LogP contribution in [0.1, 0.15) is 18.9 Å². The molecule has 0 aromatic heterocycles. The highest BCUT2D eigenvalue weighted by Crippen LogP contribution is 2.13. The molecule has 1 aliphatic rings. The van der Waals surface area contributed by atoms with Crippen molar-refractivity contribution >= 4 is 12.6 Å². The third-order valence-electron chi connectivity index (χ3n) is 4.06. The van der Waals surface area contributed by atoms with Gasteiger partial charge in [0.25, 0.3) is 0 Å². The van der Waals surface area contributed by atoms with Crippen molar-refractivity contribution in [3.8, 4) is 0 Å². The standard InChI is InChI=1S/C14H23BN2O2/c1-3-13-11-17(9-8-16(13)2)10-12-6-4-5-7-14(12)15(18)19/h4-7,13,18-19H,3,8-11H2,1-2H3. The van der Waals surface area contributed by atoms with Crippen LogP contribution in [0.2, 0.25) is 0 Å². The second-order valence-corrected chi connectivity index (χ2v) is 5.35. The Labute approximate surface area is 115 Å². The Morgan fingerprint density at radius 3 is 2.68 bits per heavy atom. The molecule has 1 aromatic carbocycles. The molecule has 1 unspecified atom stereocenters. The molecule has 0 saturated carbocycles. The first-order chi connectivity index (χ1) is 9.11. The molecule has 1 heterocycles. The van der Waals surface area contributed by atoms with Crippen LogP contribution in [0, 0.1) is 0 Å². The van der Waals surface area contributed by atoms with Gasteiger partial charge in [-0.1, -0.05) is 31.2 Å². The maximum atomic E-state index is 9.40. The predicted molar refractivity (Wildman–Crippen MR) is 78.3 cm³/mol. The van der Waals surface area contributed by atoms with Gasteiger partial charge >= 0.3 is 7.12 Å². The zero-order valence-electron chi connectivity index (χ0n) is 11.8. The van der Waals surface area contributed by atoms with Crippen LogP contribution in [0.15, 0.2) is 24.3 Å². The van der Waals surface area contributed by atoms with Gasteiger partial charge in [0.2, 0.25) is 0 Å². The number of hydrogen-bond acceptors (Lipinski definition) is 4. The fraction of sp³-hybridized carbons (Fsp3) is 0.571. The Bertz CT molecular complexity index is 414. The Morgan fingerprint density at radius 1 is 1.26 bits per heavy atom. The maximum Gasteiger partial charge on any atom is 0.488 e. The van der Waals surface area contributed by atoms with Crippen LogP contribution in [0.3, 0.4) is 0 Å². The number of nitrogens with zero attached hydrogens (tertiary/aromatic N) is 2. The Balaban J connectivity index is 2.05. The van der Waals surface area contributed by atoms with E-state index in [-0.39, 0.29) is 0 Å². The molecule has 2 N–H and O–H groups in total. The van der Waals surface area contributed by atoms with Crippen molar-refractivity contribution in [2.24, 2.45) is 0 Å². The summed E-state index contributed by atoms with van der Waals surface area (Å²) in [6, 6.07) is 8.16. The summed E-state index contributed by atoms with van der Waals surface area (Å²) < 4.78 is 0. The minimum atomic E-state index is -1.38. The largest absolute Gasteiger partial charge is 0.488 e. The molecule has 1 fully saturated rings. The highest BCUT2D eigenvalue weighted by molar-refractivity contribution is 6.59. The predicted octanol–water partition coefficient (Wildman–Crippen LogP) is -0.108. The lowest BCUT2D eigenvalue weighted by molar-refractivity contribution is 0.0885. The number of piperazine rings is 1. The third kappa shape index (κ3) is 3.57. The zero-order valence-corrected chi connectivity index (χ0v) is 11.8. The molecule has 1 saturated heterocycles.